The number of aromatic amines is 1. The van der Waals surface area contributed by atoms with Crippen molar-refractivity contribution in [3.05, 3.63) is 35.5 Å². The fourth-order valence-electron chi connectivity index (χ4n) is 2.51. The molecule has 1 saturated heterocycles. The molecule has 2 aromatic rings. The van der Waals surface area contributed by atoms with Crippen LogP contribution in [0.3, 0.4) is 0 Å². The van der Waals surface area contributed by atoms with Crippen LogP contribution in [-0.4, -0.2) is 35.4 Å². The number of carbonyl (C=O) groups excluding carboxylic acids is 1. The maximum absolute atomic E-state index is 11.8. The lowest BCUT2D eigenvalue weighted by Crippen LogP contribution is -2.47. The van der Waals surface area contributed by atoms with Crippen molar-refractivity contribution in [3.8, 4) is 0 Å². The Bertz CT molecular complexity index is 588. The van der Waals surface area contributed by atoms with E-state index >= 15 is 0 Å². The van der Waals surface area contributed by atoms with E-state index in [1.165, 1.54) is 22.0 Å². The van der Waals surface area contributed by atoms with Crippen LogP contribution in [0.15, 0.2) is 24.4 Å². The first-order valence-electron chi connectivity index (χ1n) is 6.30. The number of hydrogen-bond donors (Lipinski definition) is 2. The van der Waals surface area contributed by atoms with Gasteiger partial charge in [-0.05, 0) is 18.1 Å². The van der Waals surface area contributed by atoms with Gasteiger partial charge in [-0.1, -0.05) is 18.2 Å². The quantitative estimate of drug-likeness (QED) is 0.837. The van der Waals surface area contributed by atoms with Gasteiger partial charge in [-0.15, -0.1) is 0 Å². The molecule has 1 aliphatic rings. The van der Waals surface area contributed by atoms with Crippen molar-refractivity contribution in [1.29, 1.82) is 0 Å². The third kappa shape index (κ3) is 1.88. The fourth-order valence-corrected chi connectivity index (χ4v) is 2.51. The predicted octanol–water partition coefficient (Wildman–Crippen LogP) is 1.41. The van der Waals surface area contributed by atoms with Crippen LogP contribution in [0.5, 0.6) is 0 Å². The molecular weight excluding hydrogens is 226 g/mol. The molecule has 0 atom stereocenters. The molecule has 0 aliphatic carbocycles. The number of hydrogen-bond acceptors (Lipinski definition) is 2. The van der Waals surface area contributed by atoms with Gasteiger partial charge in [-0.3, -0.25) is 4.79 Å². The summed E-state index contributed by atoms with van der Waals surface area (Å²) < 4.78 is 0. The van der Waals surface area contributed by atoms with Gasteiger partial charge in [-0.25, -0.2) is 0 Å². The molecule has 0 radical (unpaired) electrons. The Kier molecular flexibility index (Phi) is 2.80. The highest BCUT2D eigenvalue weighted by Gasteiger charge is 2.18. The number of piperazine rings is 1. The molecule has 4 nitrogen and oxygen atoms in total. The molecule has 1 aliphatic heterocycles. The van der Waals surface area contributed by atoms with Crippen molar-refractivity contribution < 1.29 is 4.79 Å². The molecule has 0 unspecified atom stereocenters. The lowest BCUT2D eigenvalue weighted by atomic mass is 10.1. The third-order valence-electron chi connectivity index (χ3n) is 3.56. The summed E-state index contributed by atoms with van der Waals surface area (Å²) >= 11 is 0. The lowest BCUT2D eigenvalue weighted by molar-refractivity contribution is -0.132. The summed E-state index contributed by atoms with van der Waals surface area (Å²) in [6.45, 7) is 4.92. The van der Waals surface area contributed by atoms with Gasteiger partial charge in [0.05, 0.1) is 6.54 Å². The Morgan fingerprint density at radius 3 is 3.11 bits per heavy atom. The van der Waals surface area contributed by atoms with Crippen LogP contribution in [0.2, 0.25) is 0 Å². The summed E-state index contributed by atoms with van der Waals surface area (Å²) in [7, 11) is 0. The van der Waals surface area contributed by atoms with E-state index in [1.54, 1.807) is 0 Å². The molecule has 1 aromatic heterocycles. The summed E-state index contributed by atoms with van der Waals surface area (Å²) in [5.41, 5.74) is 3.62. The van der Waals surface area contributed by atoms with E-state index in [0.717, 1.165) is 13.1 Å². The van der Waals surface area contributed by atoms with Gasteiger partial charge < -0.3 is 15.2 Å². The minimum Gasteiger partial charge on any atom is -0.361 e. The van der Waals surface area contributed by atoms with E-state index in [4.69, 9.17) is 0 Å². The van der Waals surface area contributed by atoms with Crippen LogP contribution in [0.1, 0.15) is 11.1 Å². The minimum absolute atomic E-state index is 0.184. The highest BCUT2D eigenvalue weighted by molar-refractivity contribution is 5.86. The zero-order valence-corrected chi connectivity index (χ0v) is 10.5. The number of para-hydroxylation sites is 1. The predicted molar refractivity (Wildman–Crippen MR) is 71.3 cm³/mol. The maximum atomic E-state index is 11.8. The second-order valence-corrected chi connectivity index (χ2v) is 4.80. The molecule has 0 saturated carbocycles. The summed E-state index contributed by atoms with van der Waals surface area (Å²) in [6.07, 6.45) is 2.02. The first kappa shape index (κ1) is 11.3. The number of carbonyl (C=O) groups is 1. The van der Waals surface area contributed by atoms with Crippen LogP contribution >= 0.6 is 0 Å². The molecule has 0 bridgehead atoms. The van der Waals surface area contributed by atoms with E-state index in [-0.39, 0.29) is 5.91 Å². The smallest absolute Gasteiger partial charge is 0.236 e. The Morgan fingerprint density at radius 1 is 1.39 bits per heavy atom. The largest absolute Gasteiger partial charge is 0.361 e. The summed E-state index contributed by atoms with van der Waals surface area (Å²) in [4.78, 5) is 17.0. The first-order chi connectivity index (χ1) is 8.75. The molecule has 2 heterocycles. The number of nitrogens with one attached hydrogen (secondary N) is 2. The van der Waals surface area contributed by atoms with Crippen LogP contribution in [0.25, 0.3) is 10.9 Å². The summed E-state index contributed by atoms with van der Waals surface area (Å²) in [6, 6.07) is 6.27. The first-order valence-corrected chi connectivity index (χ1v) is 6.30. The molecule has 94 valence electrons. The van der Waals surface area contributed by atoms with Crippen molar-refractivity contribution in [1.82, 2.24) is 15.2 Å². The van der Waals surface area contributed by atoms with Crippen LogP contribution in [-0.2, 0) is 11.3 Å². The van der Waals surface area contributed by atoms with Crippen molar-refractivity contribution >= 4 is 16.8 Å². The second-order valence-electron chi connectivity index (χ2n) is 4.80. The molecule has 3 rings (SSSR count). The molecular formula is C14H17N3O. The molecule has 1 amide bonds. The highest BCUT2D eigenvalue weighted by Crippen LogP contribution is 2.22. The van der Waals surface area contributed by atoms with Crippen LogP contribution in [0.4, 0.5) is 0 Å². The highest BCUT2D eigenvalue weighted by atomic mass is 16.2. The summed E-state index contributed by atoms with van der Waals surface area (Å²) in [5, 5.41) is 4.31. The van der Waals surface area contributed by atoms with E-state index in [2.05, 4.69) is 35.4 Å². The summed E-state index contributed by atoms with van der Waals surface area (Å²) in [5.74, 6) is 0.184. The fraction of sp³-hybridized carbons (Fsp3) is 0.357. The number of amides is 1. The Morgan fingerprint density at radius 2 is 2.28 bits per heavy atom. The van der Waals surface area contributed by atoms with Crippen LogP contribution < -0.4 is 5.32 Å². The third-order valence-corrected chi connectivity index (χ3v) is 3.56. The Hall–Kier alpha value is -1.81. The molecule has 4 heteroatoms. The van der Waals surface area contributed by atoms with Gasteiger partial charge in [0.15, 0.2) is 0 Å². The number of nitrogens with zero attached hydrogens (tertiary/aromatic N) is 1. The van der Waals surface area contributed by atoms with Crippen LogP contribution in [0, 0.1) is 6.92 Å². The van der Waals surface area contributed by atoms with Gasteiger partial charge in [0.25, 0.3) is 0 Å². The number of aromatic nitrogens is 1. The van der Waals surface area contributed by atoms with E-state index in [9.17, 15) is 4.79 Å². The average Bonchev–Trinajstić information content (AvgIpc) is 2.77. The van der Waals surface area contributed by atoms with E-state index in [1.807, 2.05) is 11.1 Å². The number of benzene rings is 1. The number of rotatable bonds is 2. The zero-order valence-electron chi connectivity index (χ0n) is 10.5. The molecule has 0 spiro atoms. The maximum Gasteiger partial charge on any atom is 0.236 e. The normalized spacial score (nSPS) is 16.5. The monoisotopic (exact) mass is 243 g/mol. The number of aryl methyl sites for hydroxylation is 1. The van der Waals surface area contributed by atoms with Gasteiger partial charge >= 0.3 is 0 Å². The Labute approximate surface area is 106 Å². The topological polar surface area (TPSA) is 48.1 Å². The number of H-pyrrole nitrogens is 1. The minimum atomic E-state index is 0.184. The van der Waals surface area contributed by atoms with Gasteiger partial charge in [0.2, 0.25) is 5.91 Å². The molecule has 1 fully saturated rings. The molecule has 1 aromatic carbocycles. The SMILES string of the molecule is Cc1cccc2c(CN3CCNCC3=O)c[nH]c12. The zero-order chi connectivity index (χ0) is 12.5. The van der Waals surface area contributed by atoms with E-state index in [0.29, 0.717) is 13.1 Å². The van der Waals surface area contributed by atoms with Crippen molar-refractivity contribution in [2.45, 2.75) is 13.5 Å². The molecule has 18 heavy (non-hydrogen) atoms. The van der Waals surface area contributed by atoms with E-state index < -0.39 is 0 Å². The van der Waals surface area contributed by atoms with Gasteiger partial charge in [0, 0.05) is 36.7 Å². The van der Waals surface area contributed by atoms with Crippen molar-refractivity contribution in [2.75, 3.05) is 19.6 Å². The van der Waals surface area contributed by atoms with Gasteiger partial charge in [0.1, 0.15) is 0 Å². The lowest BCUT2D eigenvalue weighted by Gasteiger charge is -2.27. The molecule has 2 N–H and O–H groups in total. The van der Waals surface area contributed by atoms with Crippen molar-refractivity contribution in [3.63, 3.8) is 0 Å². The second kappa shape index (κ2) is 4.46. The van der Waals surface area contributed by atoms with Crippen molar-refractivity contribution in [2.24, 2.45) is 0 Å². The standard InChI is InChI=1S/C14H17N3O/c1-10-3-2-4-12-11(7-16-14(10)12)9-17-6-5-15-8-13(17)18/h2-4,7,15-16H,5-6,8-9H2,1H3. The van der Waals surface area contributed by atoms with Gasteiger partial charge in [-0.2, -0.15) is 0 Å². The average molecular weight is 243 g/mol. The Balaban J connectivity index is 1.91. The number of fused-ring (bicyclic) bond motifs is 1.